The third-order valence-corrected chi connectivity index (χ3v) is 4.14. The number of nitrogens with one attached hydrogen (secondary N) is 1. The van der Waals surface area contributed by atoms with Crippen LogP contribution in [-0.2, 0) is 5.41 Å². The summed E-state index contributed by atoms with van der Waals surface area (Å²) in [4.78, 5) is 0. The molecule has 0 radical (unpaired) electrons. The highest BCUT2D eigenvalue weighted by molar-refractivity contribution is 6.35. The molecule has 1 nitrogen and oxygen atoms in total. The maximum Gasteiger partial charge on any atom is 0.0458 e. The second kappa shape index (κ2) is 3.97. The number of benzene rings is 1. The van der Waals surface area contributed by atoms with E-state index in [2.05, 4.69) is 19.2 Å². The van der Waals surface area contributed by atoms with Gasteiger partial charge in [0.2, 0.25) is 0 Å². The molecule has 1 aromatic rings. The molecule has 1 N–H and O–H groups in total. The molecule has 2 atom stereocenters. The fourth-order valence-corrected chi connectivity index (χ4v) is 2.94. The molecule has 1 aliphatic rings. The molecule has 0 aliphatic carbocycles. The Bertz CT molecular complexity index is 378. The fourth-order valence-electron chi connectivity index (χ4n) is 2.31. The van der Waals surface area contributed by atoms with Crippen molar-refractivity contribution in [2.45, 2.75) is 31.7 Å². The lowest BCUT2D eigenvalue weighted by molar-refractivity contribution is 0.427. The molecule has 2 unspecified atom stereocenters. The van der Waals surface area contributed by atoms with Crippen LogP contribution in [-0.4, -0.2) is 12.6 Å². The summed E-state index contributed by atoms with van der Waals surface area (Å²) in [6, 6.07) is 6.25. The molecule has 82 valence electrons. The zero-order chi connectivity index (χ0) is 11.1. The lowest BCUT2D eigenvalue weighted by Crippen LogP contribution is -2.35. The van der Waals surface area contributed by atoms with Gasteiger partial charge in [0.05, 0.1) is 0 Å². The van der Waals surface area contributed by atoms with Gasteiger partial charge in [0.1, 0.15) is 0 Å². The largest absolute Gasteiger partial charge is 0.313 e. The number of hydrogen-bond acceptors (Lipinski definition) is 1. The van der Waals surface area contributed by atoms with E-state index in [4.69, 9.17) is 23.2 Å². The van der Waals surface area contributed by atoms with Crippen LogP contribution in [0.4, 0.5) is 0 Å². The molecule has 3 heteroatoms. The van der Waals surface area contributed by atoms with E-state index in [9.17, 15) is 0 Å². The second-order valence-electron chi connectivity index (χ2n) is 4.47. The average molecular weight is 244 g/mol. The van der Waals surface area contributed by atoms with Crippen LogP contribution in [0.5, 0.6) is 0 Å². The second-order valence-corrected chi connectivity index (χ2v) is 5.31. The molecule has 1 fully saturated rings. The first-order valence-electron chi connectivity index (χ1n) is 5.23. The van der Waals surface area contributed by atoms with E-state index in [1.807, 2.05) is 18.2 Å². The molecule has 0 aromatic heterocycles. The topological polar surface area (TPSA) is 12.0 Å². The van der Waals surface area contributed by atoms with Crippen LogP contribution < -0.4 is 5.32 Å². The van der Waals surface area contributed by atoms with Gasteiger partial charge < -0.3 is 5.32 Å². The van der Waals surface area contributed by atoms with Crippen molar-refractivity contribution in [2.75, 3.05) is 6.54 Å². The molecule has 0 amide bonds. The monoisotopic (exact) mass is 243 g/mol. The van der Waals surface area contributed by atoms with Gasteiger partial charge in [-0.3, -0.25) is 0 Å². The minimum absolute atomic E-state index is 0.127. The quantitative estimate of drug-likeness (QED) is 0.795. The fraction of sp³-hybridized carbons (Fsp3) is 0.500. The van der Waals surface area contributed by atoms with Gasteiger partial charge in [-0.1, -0.05) is 36.2 Å². The highest BCUT2D eigenvalue weighted by atomic mass is 35.5. The highest BCUT2D eigenvalue weighted by Gasteiger charge is 2.38. The van der Waals surface area contributed by atoms with E-state index in [-0.39, 0.29) is 5.41 Å². The normalized spacial score (nSPS) is 30.8. The summed E-state index contributed by atoms with van der Waals surface area (Å²) in [6.07, 6.45) is 1.12. The van der Waals surface area contributed by atoms with Crippen molar-refractivity contribution >= 4 is 23.2 Å². The third-order valence-electron chi connectivity index (χ3n) is 3.60. The summed E-state index contributed by atoms with van der Waals surface area (Å²) >= 11 is 12.2. The summed E-state index contributed by atoms with van der Waals surface area (Å²) in [5.74, 6) is 0. The Balaban J connectivity index is 2.44. The van der Waals surface area contributed by atoms with Crippen LogP contribution in [0.1, 0.15) is 25.8 Å². The van der Waals surface area contributed by atoms with Crippen LogP contribution >= 0.6 is 23.2 Å². The molecule has 0 spiro atoms. The Labute approximate surface area is 101 Å². The lowest BCUT2D eigenvalue weighted by atomic mass is 9.77. The summed E-state index contributed by atoms with van der Waals surface area (Å²) in [6.45, 7) is 5.52. The van der Waals surface area contributed by atoms with E-state index in [0.29, 0.717) is 11.1 Å². The predicted octanol–water partition coefficient (Wildman–Crippen LogP) is 3.63. The van der Waals surface area contributed by atoms with Crippen LogP contribution in [0, 0.1) is 0 Å². The summed E-state index contributed by atoms with van der Waals surface area (Å²) in [5, 5.41) is 4.94. The Kier molecular flexibility index (Phi) is 2.98. The third kappa shape index (κ3) is 1.89. The number of rotatable bonds is 1. The van der Waals surface area contributed by atoms with Gasteiger partial charge in [0.25, 0.3) is 0 Å². The molecule has 1 aliphatic heterocycles. The van der Waals surface area contributed by atoms with Gasteiger partial charge in [0, 0.05) is 21.5 Å². The Morgan fingerprint density at radius 2 is 2.13 bits per heavy atom. The lowest BCUT2D eigenvalue weighted by Gasteiger charge is -2.30. The minimum Gasteiger partial charge on any atom is -0.313 e. The molecule has 0 saturated carbocycles. The SMILES string of the molecule is CC1NCCC1(C)c1ccc(Cl)cc1Cl. The molecular formula is C12H15Cl2N. The van der Waals surface area contributed by atoms with Crippen molar-refractivity contribution in [1.29, 1.82) is 0 Å². The average Bonchev–Trinajstić information content (AvgIpc) is 2.47. The molecule has 1 heterocycles. The smallest absolute Gasteiger partial charge is 0.0458 e. The van der Waals surface area contributed by atoms with Crippen molar-refractivity contribution in [1.82, 2.24) is 5.32 Å². The van der Waals surface area contributed by atoms with Gasteiger partial charge in [-0.15, -0.1) is 0 Å². The Hall–Kier alpha value is -0.240. The van der Waals surface area contributed by atoms with Crippen LogP contribution in [0.25, 0.3) is 0 Å². The van der Waals surface area contributed by atoms with Crippen LogP contribution in [0.15, 0.2) is 18.2 Å². The first kappa shape index (κ1) is 11.3. The molecule has 15 heavy (non-hydrogen) atoms. The highest BCUT2D eigenvalue weighted by Crippen LogP contribution is 2.39. The van der Waals surface area contributed by atoms with Crippen molar-refractivity contribution in [3.8, 4) is 0 Å². The van der Waals surface area contributed by atoms with Crippen LogP contribution in [0.3, 0.4) is 0 Å². The van der Waals surface area contributed by atoms with Crippen molar-refractivity contribution in [2.24, 2.45) is 0 Å². The minimum atomic E-state index is 0.127. The van der Waals surface area contributed by atoms with Crippen LogP contribution in [0.2, 0.25) is 10.0 Å². The molecule has 1 saturated heterocycles. The van der Waals surface area contributed by atoms with E-state index < -0.39 is 0 Å². The number of hydrogen-bond donors (Lipinski definition) is 1. The van der Waals surface area contributed by atoms with Crippen molar-refractivity contribution in [3.05, 3.63) is 33.8 Å². The van der Waals surface area contributed by atoms with Gasteiger partial charge in [-0.05, 0) is 37.6 Å². The first-order chi connectivity index (χ1) is 7.04. The predicted molar refractivity (Wildman–Crippen MR) is 65.9 cm³/mol. The van der Waals surface area contributed by atoms with E-state index in [1.165, 1.54) is 5.56 Å². The summed E-state index contributed by atoms with van der Waals surface area (Å²) in [7, 11) is 0. The maximum absolute atomic E-state index is 6.25. The zero-order valence-corrected chi connectivity index (χ0v) is 10.5. The van der Waals surface area contributed by atoms with E-state index >= 15 is 0 Å². The number of halogens is 2. The van der Waals surface area contributed by atoms with E-state index in [0.717, 1.165) is 18.0 Å². The van der Waals surface area contributed by atoms with Crippen molar-refractivity contribution < 1.29 is 0 Å². The standard InChI is InChI=1S/C12H15Cl2N/c1-8-12(2,5-6-15-8)10-4-3-9(13)7-11(10)14/h3-4,7-8,15H,5-6H2,1-2H3. The maximum atomic E-state index is 6.25. The Morgan fingerprint density at radius 3 is 2.67 bits per heavy atom. The zero-order valence-electron chi connectivity index (χ0n) is 8.98. The van der Waals surface area contributed by atoms with Gasteiger partial charge in [-0.25, -0.2) is 0 Å². The summed E-state index contributed by atoms with van der Waals surface area (Å²) in [5.41, 5.74) is 1.33. The Morgan fingerprint density at radius 1 is 1.40 bits per heavy atom. The van der Waals surface area contributed by atoms with Gasteiger partial charge in [0.15, 0.2) is 0 Å². The molecule has 2 rings (SSSR count). The van der Waals surface area contributed by atoms with E-state index in [1.54, 1.807) is 0 Å². The van der Waals surface area contributed by atoms with Gasteiger partial charge in [-0.2, -0.15) is 0 Å². The van der Waals surface area contributed by atoms with Crippen molar-refractivity contribution in [3.63, 3.8) is 0 Å². The molecule has 1 aromatic carbocycles. The van der Waals surface area contributed by atoms with Gasteiger partial charge >= 0.3 is 0 Å². The first-order valence-corrected chi connectivity index (χ1v) is 5.98. The molecule has 0 bridgehead atoms. The molecular weight excluding hydrogens is 229 g/mol. The summed E-state index contributed by atoms with van der Waals surface area (Å²) < 4.78 is 0.